The molecule has 3 amide bonds. The van der Waals surface area contributed by atoms with Crippen molar-refractivity contribution < 1.29 is 36.3 Å². The van der Waals surface area contributed by atoms with Crippen LogP contribution in [0.5, 0.6) is 0 Å². The molecule has 0 spiro atoms. The van der Waals surface area contributed by atoms with Gasteiger partial charge < -0.3 is 16.0 Å². The summed E-state index contributed by atoms with van der Waals surface area (Å²) in [6.45, 7) is 1.86. The Labute approximate surface area is 221 Å². The number of anilines is 1. The maximum Gasteiger partial charge on any atom is 0.405 e. The fraction of sp³-hybridized carbons (Fsp3) is 0.538. The molecule has 2 aliphatic rings. The maximum absolute atomic E-state index is 15.0. The predicted molar refractivity (Wildman–Crippen MR) is 131 cm³/mol. The number of hydrogen-bond acceptors (Lipinski definition) is 4. The zero-order valence-corrected chi connectivity index (χ0v) is 21.4. The van der Waals surface area contributed by atoms with E-state index in [2.05, 4.69) is 15.7 Å². The highest BCUT2D eigenvalue weighted by Crippen LogP contribution is 2.51. The Balaban J connectivity index is 1.53. The number of alkyl halides is 3. The molecule has 212 valence electrons. The third-order valence-corrected chi connectivity index (χ3v) is 7.20. The summed E-state index contributed by atoms with van der Waals surface area (Å²) in [5.74, 6) is -5.84. The first-order valence-corrected chi connectivity index (χ1v) is 12.9. The molecular formula is C26H30F5N5O3. The average Bonchev–Trinajstić information content (AvgIpc) is 3.82. The van der Waals surface area contributed by atoms with Gasteiger partial charge >= 0.3 is 6.18 Å². The van der Waals surface area contributed by atoms with E-state index in [1.54, 1.807) is 12.2 Å². The molecule has 39 heavy (non-hydrogen) atoms. The van der Waals surface area contributed by atoms with E-state index in [0.717, 1.165) is 37.8 Å². The third kappa shape index (κ3) is 6.93. The molecule has 2 saturated carbocycles. The largest absolute Gasteiger partial charge is 0.405 e. The van der Waals surface area contributed by atoms with E-state index in [-0.39, 0.29) is 29.0 Å². The Morgan fingerprint density at radius 1 is 1.05 bits per heavy atom. The lowest BCUT2D eigenvalue weighted by Gasteiger charge is -2.28. The molecule has 0 aliphatic heterocycles. The van der Waals surface area contributed by atoms with Gasteiger partial charge in [0.2, 0.25) is 11.8 Å². The summed E-state index contributed by atoms with van der Waals surface area (Å²) in [6.07, 6.45) is 0.377. The molecule has 3 N–H and O–H groups in total. The Kier molecular flexibility index (Phi) is 8.26. The first-order valence-electron chi connectivity index (χ1n) is 12.9. The molecule has 2 aliphatic carbocycles. The van der Waals surface area contributed by atoms with Crippen LogP contribution in [0.2, 0.25) is 0 Å². The van der Waals surface area contributed by atoms with Crippen molar-refractivity contribution in [1.29, 1.82) is 0 Å². The Hall–Kier alpha value is -3.51. The van der Waals surface area contributed by atoms with Crippen molar-refractivity contribution in [2.75, 3.05) is 11.9 Å². The Morgan fingerprint density at radius 3 is 2.15 bits per heavy atom. The van der Waals surface area contributed by atoms with Crippen molar-refractivity contribution in [1.82, 2.24) is 20.4 Å². The normalized spacial score (nSPS) is 17.0. The Bertz CT molecular complexity index is 1200. The van der Waals surface area contributed by atoms with Gasteiger partial charge in [-0.25, -0.2) is 8.78 Å². The van der Waals surface area contributed by atoms with E-state index in [1.165, 1.54) is 23.9 Å². The van der Waals surface area contributed by atoms with E-state index >= 15 is 0 Å². The molecule has 0 radical (unpaired) electrons. The Morgan fingerprint density at radius 2 is 1.64 bits per heavy atom. The molecule has 2 aromatic rings. The number of carbonyl (C=O) groups is 3. The number of aromatic nitrogens is 2. The highest BCUT2D eigenvalue weighted by atomic mass is 19.4. The second-order valence-corrected chi connectivity index (χ2v) is 10.1. The van der Waals surface area contributed by atoms with Crippen LogP contribution in [-0.4, -0.2) is 46.3 Å². The predicted octanol–water partition coefficient (Wildman–Crippen LogP) is 4.14. The monoisotopic (exact) mass is 555 g/mol. The summed E-state index contributed by atoms with van der Waals surface area (Å²) in [4.78, 5) is 38.6. The quantitative estimate of drug-likeness (QED) is 0.363. The zero-order chi connectivity index (χ0) is 28.5. The minimum atomic E-state index is -4.64. The highest BCUT2D eigenvalue weighted by Gasteiger charge is 2.48. The standard InChI is InChI=1S/C26H30F5N5O3/c1-3-36-19(8-9-33-36)24(38)35-22(20(14-4-5-14)15-6-7-15)25(39)34-21-17(27)10-16(11-18(21)28)13(2)23(37)32-12-26(29,30)31/h8-11,13-15,20,22H,3-7,12H2,1-2H3,(H,32,37)(H,34,39)(H,35,38). The van der Waals surface area contributed by atoms with Crippen LogP contribution >= 0.6 is 0 Å². The molecular weight excluding hydrogens is 525 g/mol. The highest BCUT2D eigenvalue weighted by molar-refractivity contribution is 6.01. The van der Waals surface area contributed by atoms with Crippen molar-refractivity contribution in [3.8, 4) is 0 Å². The number of nitrogens with zero attached hydrogens (tertiary/aromatic N) is 2. The van der Waals surface area contributed by atoms with Crippen LogP contribution in [0.25, 0.3) is 0 Å². The molecule has 1 heterocycles. The van der Waals surface area contributed by atoms with Crippen molar-refractivity contribution in [2.45, 2.75) is 64.2 Å². The smallest absolute Gasteiger partial charge is 0.346 e. The van der Waals surface area contributed by atoms with Gasteiger partial charge in [0.05, 0.1) is 5.92 Å². The number of nitrogens with one attached hydrogen (secondary N) is 3. The second-order valence-electron chi connectivity index (χ2n) is 10.1. The number of aryl methyl sites for hydroxylation is 1. The molecule has 2 atom stereocenters. The minimum Gasteiger partial charge on any atom is -0.346 e. The number of hydrogen-bond donors (Lipinski definition) is 3. The lowest BCUT2D eigenvalue weighted by molar-refractivity contribution is -0.139. The molecule has 0 saturated heterocycles. The van der Waals surface area contributed by atoms with Crippen LogP contribution in [0.4, 0.5) is 27.6 Å². The zero-order valence-electron chi connectivity index (χ0n) is 21.4. The molecule has 2 fully saturated rings. The van der Waals surface area contributed by atoms with Crippen molar-refractivity contribution >= 4 is 23.4 Å². The van der Waals surface area contributed by atoms with Gasteiger partial charge in [0.1, 0.15) is 35.6 Å². The molecule has 2 unspecified atom stereocenters. The summed E-state index contributed by atoms with van der Waals surface area (Å²) in [6, 6.07) is 2.05. The molecule has 13 heteroatoms. The van der Waals surface area contributed by atoms with Crippen LogP contribution in [0, 0.1) is 29.4 Å². The number of rotatable bonds is 11. The van der Waals surface area contributed by atoms with E-state index in [0.29, 0.717) is 6.54 Å². The minimum absolute atomic E-state index is 0.199. The van der Waals surface area contributed by atoms with E-state index in [4.69, 9.17) is 0 Å². The van der Waals surface area contributed by atoms with Gasteiger partial charge in [-0.3, -0.25) is 19.1 Å². The van der Waals surface area contributed by atoms with Gasteiger partial charge in [-0.2, -0.15) is 18.3 Å². The SMILES string of the molecule is CCn1nccc1C(=O)NC(C(=O)Nc1c(F)cc(C(C)C(=O)NCC(F)(F)F)cc1F)C(C1CC1)C1CC1. The fourth-order valence-electron chi connectivity index (χ4n) is 4.88. The fourth-order valence-corrected chi connectivity index (χ4v) is 4.88. The van der Waals surface area contributed by atoms with Crippen LogP contribution in [0.15, 0.2) is 24.4 Å². The van der Waals surface area contributed by atoms with E-state index in [1.807, 2.05) is 0 Å². The number of amides is 3. The van der Waals surface area contributed by atoms with Crippen molar-refractivity contribution in [3.63, 3.8) is 0 Å². The van der Waals surface area contributed by atoms with Gasteiger partial charge in [0.25, 0.3) is 5.91 Å². The maximum atomic E-state index is 15.0. The topological polar surface area (TPSA) is 105 Å². The van der Waals surface area contributed by atoms with Crippen LogP contribution < -0.4 is 16.0 Å². The number of carbonyl (C=O) groups excluding carboxylic acids is 3. The van der Waals surface area contributed by atoms with Crippen LogP contribution in [0.3, 0.4) is 0 Å². The summed E-state index contributed by atoms with van der Waals surface area (Å²) in [7, 11) is 0. The van der Waals surface area contributed by atoms with Gasteiger partial charge in [0.15, 0.2) is 0 Å². The van der Waals surface area contributed by atoms with Gasteiger partial charge in [0, 0.05) is 12.7 Å². The molecule has 1 aromatic heterocycles. The van der Waals surface area contributed by atoms with Crippen molar-refractivity contribution in [3.05, 3.63) is 47.3 Å². The summed E-state index contributed by atoms with van der Waals surface area (Å²) < 4.78 is 68.7. The van der Waals surface area contributed by atoms with E-state index in [9.17, 15) is 36.3 Å². The third-order valence-electron chi connectivity index (χ3n) is 7.20. The van der Waals surface area contributed by atoms with Gasteiger partial charge in [-0.1, -0.05) is 0 Å². The number of benzene rings is 1. The average molecular weight is 556 g/mol. The lowest BCUT2D eigenvalue weighted by atomic mass is 9.88. The first-order chi connectivity index (χ1) is 18.4. The molecule has 4 rings (SSSR count). The van der Waals surface area contributed by atoms with E-state index < -0.39 is 59.7 Å². The van der Waals surface area contributed by atoms with Gasteiger partial charge in [-0.05, 0) is 81.0 Å². The first kappa shape index (κ1) is 28.5. The summed E-state index contributed by atoms with van der Waals surface area (Å²) >= 11 is 0. The molecule has 1 aromatic carbocycles. The second kappa shape index (κ2) is 11.3. The number of halogens is 5. The lowest BCUT2D eigenvalue weighted by Crippen LogP contribution is -2.50. The summed E-state index contributed by atoms with van der Waals surface area (Å²) in [5, 5.41) is 10.8. The van der Waals surface area contributed by atoms with Crippen LogP contribution in [-0.2, 0) is 16.1 Å². The van der Waals surface area contributed by atoms with Crippen LogP contribution in [0.1, 0.15) is 61.5 Å². The molecule has 8 nitrogen and oxygen atoms in total. The summed E-state index contributed by atoms with van der Waals surface area (Å²) in [5.41, 5.74) is -0.718. The van der Waals surface area contributed by atoms with Gasteiger partial charge in [-0.15, -0.1) is 0 Å². The van der Waals surface area contributed by atoms with Crippen molar-refractivity contribution in [2.24, 2.45) is 17.8 Å². The molecule has 0 bridgehead atoms.